The fraction of sp³-hybridized carbons (Fsp3) is 0.600. The standard InChI is InChI=1S/C15H21ClFN/c1-15(2)8-3-4-12(7-9-15)18-14-10-11(17)5-6-13(14)16/h5-6,10,12,18H,3-4,7-9H2,1-2H3. The van der Waals surface area contributed by atoms with Crippen molar-refractivity contribution in [3.63, 3.8) is 0 Å². The molecular weight excluding hydrogens is 249 g/mol. The van der Waals surface area contributed by atoms with Gasteiger partial charge in [0, 0.05) is 6.04 Å². The van der Waals surface area contributed by atoms with Gasteiger partial charge in [0.2, 0.25) is 0 Å². The zero-order valence-electron chi connectivity index (χ0n) is 11.1. The molecule has 0 heterocycles. The van der Waals surface area contributed by atoms with Crippen LogP contribution < -0.4 is 5.32 Å². The van der Waals surface area contributed by atoms with E-state index < -0.39 is 0 Å². The van der Waals surface area contributed by atoms with Crippen LogP contribution in [0.3, 0.4) is 0 Å². The van der Waals surface area contributed by atoms with E-state index in [-0.39, 0.29) is 5.82 Å². The number of anilines is 1. The molecule has 1 aromatic carbocycles. The van der Waals surface area contributed by atoms with Gasteiger partial charge in [-0.25, -0.2) is 4.39 Å². The molecule has 1 aliphatic rings. The zero-order valence-corrected chi connectivity index (χ0v) is 11.9. The lowest BCUT2D eigenvalue weighted by molar-refractivity contribution is 0.313. The number of hydrogen-bond acceptors (Lipinski definition) is 1. The van der Waals surface area contributed by atoms with E-state index in [1.807, 2.05) is 0 Å². The largest absolute Gasteiger partial charge is 0.381 e. The molecule has 1 saturated carbocycles. The topological polar surface area (TPSA) is 12.0 Å². The Morgan fingerprint density at radius 2 is 2.06 bits per heavy atom. The summed E-state index contributed by atoms with van der Waals surface area (Å²) in [5.41, 5.74) is 1.16. The van der Waals surface area contributed by atoms with Crippen LogP contribution in [0, 0.1) is 11.2 Å². The van der Waals surface area contributed by atoms with Gasteiger partial charge in [-0.15, -0.1) is 0 Å². The Morgan fingerprint density at radius 1 is 1.28 bits per heavy atom. The molecule has 100 valence electrons. The highest BCUT2D eigenvalue weighted by molar-refractivity contribution is 6.33. The molecule has 0 bridgehead atoms. The van der Waals surface area contributed by atoms with E-state index in [9.17, 15) is 4.39 Å². The summed E-state index contributed by atoms with van der Waals surface area (Å²) in [6.45, 7) is 4.65. The lowest BCUT2D eigenvalue weighted by Crippen LogP contribution is -2.19. The van der Waals surface area contributed by atoms with Gasteiger partial charge in [-0.1, -0.05) is 31.9 Å². The molecule has 3 heteroatoms. The highest BCUT2D eigenvalue weighted by Crippen LogP contribution is 2.35. The minimum absolute atomic E-state index is 0.240. The van der Waals surface area contributed by atoms with Crippen LogP contribution in [-0.2, 0) is 0 Å². The van der Waals surface area contributed by atoms with E-state index in [1.54, 1.807) is 6.07 Å². The first-order valence-corrected chi connectivity index (χ1v) is 7.06. The molecule has 0 spiro atoms. The summed E-state index contributed by atoms with van der Waals surface area (Å²) in [7, 11) is 0. The van der Waals surface area contributed by atoms with Gasteiger partial charge < -0.3 is 5.32 Å². The van der Waals surface area contributed by atoms with Crippen molar-refractivity contribution in [2.24, 2.45) is 5.41 Å². The van der Waals surface area contributed by atoms with Gasteiger partial charge in [0.05, 0.1) is 10.7 Å². The maximum Gasteiger partial charge on any atom is 0.125 e. The van der Waals surface area contributed by atoms with Crippen LogP contribution in [0.25, 0.3) is 0 Å². The third-order valence-corrected chi connectivity index (χ3v) is 4.19. The van der Waals surface area contributed by atoms with E-state index in [0.29, 0.717) is 16.5 Å². The molecule has 1 aromatic rings. The van der Waals surface area contributed by atoms with Crippen molar-refractivity contribution in [2.45, 2.75) is 52.0 Å². The molecule has 1 unspecified atom stereocenters. The Hall–Kier alpha value is -0.760. The second-order valence-corrected chi connectivity index (χ2v) is 6.47. The third-order valence-electron chi connectivity index (χ3n) is 3.86. The van der Waals surface area contributed by atoms with Crippen molar-refractivity contribution in [3.8, 4) is 0 Å². The Kier molecular flexibility index (Phi) is 4.16. The first-order chi connectivity index (χ1) is 8.46. The van der Waals surface area contributed by atoms with Crippen molar-refractivity contribution in [3.05, 3.63) is 29.0 Å². The van der Waals surface area contributed by atoms with Crippen molar-refractivity contribution >= 4 is 17.3 Å². The third kappa shape index (κ3) is 3.61. The van der Waals surface area contributed by atoms with Gasteiger partial charge in [-0.3, -0.25) is 0 Å². The molecule has 18 heavy (non-hydrogen) atoms. The van der Waals surface area contributed by atoms with Crippen LogP contribution in [0.4, 0.5) is 10.1 Å². The van der Waals surface area contributed by atoms with Gasteiger partial charge in [-0.2, -0.15) is 0 Å². The zero-order chi connectivity index (χ0) is 13.2. The number of rotatable bonds is 2. The molecule has 0 saturated heterocycles. The number of halogens is 2. The minimum atomic E-state index is -0.240. The van der Waals surface area contributed by atoms with Crippen LogP contribution in [0.2, 0.25) is 5.02 Å². The molecule has 0 aromatic heterocycles. The molecule has 2 rings (SSSR count). The van der Waals surface area contributed by atoms with Crippen LogP contribution in [0.15, 0.2) is 18.2 Å². The Bertz CT molecular complexity index is 417. The van der Waals surface area contributed by atoms with Gasteiger partial charge in [0.25, 0.3) is 0 Å². The number of nitrogens with one attached hydrogen (secondary N) is 1. The van der Waals surface area contributed by atoms with E-state index in [4.69, 9.17) is 11.6 Å². The molecule has 1 nitrogen and oxygen atoms in total. The minimum Gasteiger partial charge on any atom is -0.381 e. The first kappa shape index (κ1) is 13.7. The van der Waals surface area contributed by atoms with E-state index in [2.05, 4.69) is 19.2 Å². The van der Waals surface area contributed by atoms with Gasteiger partial charge >= 0.3 is 0 Å². The average molecular weight is 270 g/mol. The molecule has 1 atom stereocenters. The summed E-state index contributed by atoms with van der Waals surface area (Å²) in [4.78, 5) is 0. The molecule has 0 aliphatic heterocycles. The van der Waals surface area contributed by atoms with Gasteiger partial charge in [-0.05, 0) is 49.3 Å². The molecule has 0 radical (unpaired) electrons. The van der Waals surface area contributed by atoms with Crippen LogP contribution in [0.1, 0.15) is 46.0 Å². The molecule has 1 aliphatic carbocycles. The summed E-state index contributed by atoms with van der Waals surface area (Å²) >= 11 is 6.08. The van der Waals surface area contributed by atoms with E-state index >= 15 is 0 Å². The summed E-state index contributed by atoms with van der Waals surface area (Å²) in [5.74, 6) is -0.240. The van der Waals surface area contributed by atoms with Crippen LogP contribution >= 0.6 is 11.6 Å². The number of hydrogen-bond donors (Lipinski definition) is 1. The van der Waals surface area contributed by atoms with Gasteiger partial charge in [0.15, 0.2) is 0 Å². The molecule has 0 amide bonds. The normalized spacial score (nSPS) is 23.4. The fourth-order valence-corrected chi connectivity index (χ4v) is 2.81. The predicted molar refractivity (Wildman–Crippen MR) is 75.7 cm³/mol. The molecule has 1 N–H and O–H groups in total. The van der Waals surface area contributed by atoms with Crippen molar-refractivity contribution in [1.82, 2.24) is 0 Å². The summed E-state index contributed by atoms with van der Waals surface area (Å²) in [6.07, 6.45) is 5.95. The van der Waals surface area contributed by atoms with Crippen LogP contribution in [0.5, 0.6) is 0 Å². The SMILES string of the molecule is CC1(C)CCCC(Nc2cc(F)ccc2Cl)CC1. The molecular formula is C15H21ClFN. The second-order valence-electron chi connectivity index (χ2n) is 6.06. The lowest BCUT2D eigenvalue weighted by atomic mass is 9.85. The summed E-state index contributed by atoms with van der Waals surface area (Å²) in [5, 5.41) is 3.99. The van der Waals surface area contributed by atoms with Gasteiger partial charge in [0.1, 0.15) is 5.82 Å². The Labute approximate surface area is 114 Å². The van der Waals surface area contributed by atoms with E-state index in [1.165, 1.54) is 31.4 Å². The highest BCUT2D eigenvalue weighted by Gasteiger charge is 2.24. The summed E-state index contributed by atoms with van der Waals surface area (Å²) < 4.78 is 13.2. The Balaban J connectivity index is 2.03. The smallest absolute Gasteiger partial charge is 0.125 e. The predicted octanol–water partition coefficient (Wildman–Crippen LogP) is 5.25. The first-order valence-electron chi connectivity index (χ1n) is 6.68. The monoisotopic (exact) mass is 269 g/mol. The fourth-order valence-electron chi connectivity index (χ4n) is 2.63. The lowest BCUT2D eigenvalue weighted by Gasteiger charge is -2.22. The quantitative estimate of drug-likeness (QED) is 0.723. The maximum absolute atomic E-state index is 13.2. The summed E-state index contributed by atoms with van der Waals surface area (Å²) in [6, 6.07) is 4.90. The molecule has 1 fully saturated rings. The van der Waals surface area contributed by atoms with Crippen molar-refractivity contribution in [2.75, 3.05) is 5.32 Å². The van der Waals surface area contributed by atoms with Crippen molar-refractivity contribution < 1.29 is 4.39 Å². The highest BCUT2D eigenvalue weighted by atomic mass is 35.5. The maximum atomic E-state index is 13.2. The number of benzene rings is 1. The van der Waals surface area contributed by atoms with Crippen molar-refractivity contribution in [1.29, 1.82) is 0 Å². The second kappa shape index (κ2) is 5.48. The average Bonchev–Trinajstić information content (AvgIpc) is 2.46. The Morgan fingerprint density at radius 3 is 2.83 bits per heavy atom. The van der Waals surface area contributed by atoms with Crippen LogP contribution in [-0.4, -0.2) is 6.04 Å². The van der Waals surface area contributed by atoms with E-state index in [0.717, 1.165) is 18.5 Å².